The molecule has 0 saturated heterocycles. The summed E-state index contributed by atoms with van der Waals surface area (Å²) in [6.45, 7) is -0.152. The lowest BCUT2D eigenvalue weighted by molar-refractivity contribution is 0.280. The van der Waals surface area contributed by atoms with Crippen molar-refractivity contribution in [2.45, 2.75) is 6.61 Å². The summed E-state index contributed by atoms with van der Waals surface area (Å²) in [5.74, 6) is 0.279. The van der Waals surface area contributed by atoms with Crippen molar-refractivity contribution in [2.75, 3.05) is 7.11 Å². The van der Waals surface area contributed by atoms with Crippen LogP contribution in [0.15, 0.2) is 12.1 Å². The van der Waals surface area contributed by atoms with Crippen LogP contribution >= 0.6 is 11.6 Å². The zero-order valence-electron chi connectivity index (χ0n) is 6.54. The van der Waals surface area contributed by atoms with Crippen LogP contribution in [-0.2, 0) is 6.61 Å². The van der Waals surface area contributed by atoms with Gasteiger partial charge in [-0.25, -0.2) is 0 Å². The Balaban J connectivity index is 3.19. The molecular weight excluding hydrogens is 180 g/mol. The second kappa shape index (κ2) is 3.65. The van der Waals surface area contributed by atoms with E-state index in [0.29, 0.717) is 11.3 Å². The lowest BCUT2D eigenvalue weighted by Gasteiger charge is -2.06. The van der Waals surface area contributed by atoms with Crippen molar-refractivity contribution in [2.24, 2.45) is 0 Å². The molecule has 1 rings (SSSR count). The van der Waals surface area contributed by atoms with Crippen LogP contribution in [0.1, 0.15) is 5.56 Å². The summed E-state index contributed by atoms with van der Waals surface area (Å²) in [6.07, 6.45) is 0. The Morgan fingerprint density at radius 3 is 2.67 bits per heavy atom. The molecule has 0 atom stereocenters. The van der Waals surface area contributed by atoms with Gasteiger partial charge in [0.25, 0.3) is 0 Å². The molecule has 3 nitrogen and oxygen atoms in total. The first kappa shape index (κ1) is 9.16. The summed E-state index contributed by atoms with van der Waals surface area (Å²) in [5.41, 5.74) is 0.564. The average Bonchev–Trinajstić information content (AvgIpc) is 2.09. The Morgan fingerprint density at radius 2 is 2.17 bits per heavy atom. The van der Waals surface area contributed by atoms with Crippen LogP contribution in [0.25, 0.3) is 0 Å². The van der Waals surface area contributed by atoms with Crippen LogP contribution in [0.5, 0.6) is 11.5 Å². The first-order chi connectivity index (χ1) is 5.69. The molecule has 0 aromatic heterocycles. The molecule has 0 aliphatic heterocycles. The van der Waals surface area contributed by atoms with E-state index in [1.165, 1.54) is 13.2 Å². The van der Waals surface area contributed by atoms with Gasteiger partial charge in [-0.3, -0.25) is 0 Å². The Morgan fingerprint density at radius 1 is 1.50 bits per heavy atom. The number of hydrogen-bond acceptors (Lipinski definition) is 3. The summed E-state index contributed by atoms with van der Waals surface area (Å²) in [5, 5.41) is 18.1. The van der Waals surface area contributed by atoms with Crippen molar-refractivity contribution in [3.05, 3.63) is 22.7 Å². The molecule has 0 saturated carbocycles. The zero-order valence-corrected chi connectivity index (χ0v) is 7.30. The van der Waals surface area contributed by atoms with Crippen molar-refractivity contribution in [3.63, 3.8) is 0 Å². The molecule has 0 aliphatic rings. The fourth-order valence-electron chi connectivity index (χ4n) is 0.878. The third-order valence-corrected chi connectivity index (χ3v) is 1.86. The minimum atomic E-state index is -0.152. The van der Waals surface area contributed by atoms with E-state index in [1.54, 1.807) is 6.07 Å². The van der Waals surface area contributed by atoms with Crippen LogP contribution in [0.3, 0.4) is 0 Å². The van der Waals surface area contributed by atoms with Crippen molar-refractivity contribution in [3.8, 4) is 11.5 Å². The maximum atomic E-state index is 9.22. The van der Waals surface area contributed by atoms with Crippen LogP contribution in [0.2, 0.25) is 5.02 Å². The Labute approximate surface area is 75.2 Å². The van der Waals surface area contributed by atoms with E-state index in [-0.39, 0.29) is 17.4 Å². The second-order valence-electron chi connectivity index (χ2n) is 2.29. The van der Waals surface area contributed by atoms with Gasteiger partial charge in [-0.05, 0) is 17.7 Å². The highest BCUT2D eigenvalue weighted by atomic mass is 35.5. The van der Waals surface area contributed by atoms with E-state index < -0.39 is 0 Å². The highest BCUT2D eigenvalue weighted by Gasteiger charge is 2.07. The molecule has 4 heteroatoms. The van der Waals surface area contributed by atoms with Gasteiger partial charge < -0.3 is 14.9 Å². The van der Waals surface area contributed by atoms with E-state index in [1.807, 2.05) is 0 Å². The minimum Gasteiger partial charge on any atom is -0.506 e. The largest absolute Gasteiger partial charge is 0.506 e. The second-order valence-corrected chi connectivity index (χ2v) is 2.67. The molecule has 0 amide bonds. The number of benzene rings is 1. The number of ether oxygens (including phenoxy) is 1. The van der Waals surface area contributed by atoms with E-state index in [2.05, 4.69) is 0 Å². The first-order valence-electron chi connectivity index (χ1n) is 3.35. The number of aliphatic hydroxyl groups is 1. The van der Waals surface area contributed by atoms with E-state index in [4.69, 9.17) is 21.4 Å². The van der Waals surface area contributed by atoms with Gasteiger partial charge in [0.05, 0.1) is 13.7 Å². The van der Waals surface area contributed by atoms with Crippen LogP contribution in [-0.4, -0.2) is 17.3 Å². The van der Waals surface area contributed by atoms with Gasteiger partial charge in [0.2, 0.25) is 0 Å². The molecule has 0 unspecified atom stereocenters. The van der Waals surface area contributed by atoms with Crippen LogP contribution in [0, 0.1) is 0 Å². The van der Waals surface area contributed by atoms with Crippen molar-refractivity contribution < 1.29 is 14.9 Å². The Kier molecular flexibility index (Phi) is 2.78. The Bertz CT molecular complexity index is 286. The standard InChI is InChI=1S/C8H9ClO3/c1-12-7-3-5(4-10)2-6(11)8(7)9/h2-3,10-11H,4H2,1H3. The molecule has 66 valence electrons. The number of methoxy groups -OCH3 is 1. The molecule has 12 heavy (non-hydrogen) atoms. The number of phenolic OH excluding ortho intramolecular Hbond substituents is 1. The van der Waals surface area contributed by atoms with E-state index in [9.17, 15) is 5.11 Å². The molecule has 0 aliphatic carbocycles. The summed E-state index contributed by atoms with van der Waals surface area (Å²) in [4.78, 5) is 0. The third-order valence-electron chi connectivity index (χ3n) is 1.48. The van der Waals surface area contributed by atoms with E-state index >= 15 is 0 Å². The van der Waals surface area contributed by atoms with Gasteiger partial charge in [0.1, 0.15) is 16.5 Å². The number of halogens is 1. The van der Waals surface area contributed by atoms with Gasteiger partial charge in [-0.15, -0.1) is 0 Å². The number of aromatic hydroxyl groups is 1. The average molecular weight is 189 g/mol. The maximum absolute atomic E-state index is 9.22. The van der Waals surface area contributed by atoms with E-state index in [0.717, 1.165) is 0 Å². The summed E-state index contributed by atoms with van der Waals surface area (Å²) < 4.78 is 4.87. The minimum absolute atomic E-state index is 0.0833. The lowest BCUT2D eigenvalue weighted by Crippen LogP contribution is -1.88. The number of aliphatic hydroxyl groups excluding tert-OH is 1. The lowest BCUT2D eigenvalue weighted by atomic mass is 10.2. The molecule has 2 N–H and O–H groups in total. The Hall–Kier alpha value is -0.930. The van der Waals surface area contributed by atoms with Crippen molar-refractivity contribution in [1.29, 1.82) is 0 Å². The van der Waals surface area contributed by atoms with Crippen LogP contribution < -0.4 is 4.74 Å². The molecule has 1 aromatic carbocycles. The van der Waals surface area contributed by atoms with Crippen molar-refractivity contribution in [1.82, 2.24) is 0 Å². The highest BCUT2D eigenvalue weighted by Crippen LogP contribution is 2.34. The van der Waals surface area contributed by atoms with Crippen LogP contribution in [0.4, 0.5) is 0 Å². The fourth-order valence-corrected chi connectivity index (χ4v) is 1.06. The number of phenols is 1. The number of rotatable bonds is 2. The van der Waals surface area contributed by atoms with Gasteiger partial charge in [-0.2, -0.15) is 0 Å². The smallest absolute Gasteiger partial charge is 0.141 e. The maximum Gasteiger partial charge on any atom is 0.141 e. The van der Waals surface area contributed by atoms with Gasteiger partial charge >= 0.3 is 0 Å². The third kappa shape index (κ3) is 1.62. The van der Waals surface area contributed by atoms with Crippen molar-refractivity contribution >= 4 is 11.6 Å². The molecule has 1 aromatic rings. The topological polar surface area (TPSA) is 49.7 Å². The van der Waals surface area contributed by atoms with Gasteiger partial charge in [0.15, 0.2) is 0 Å². The monoisotopic (exact) mass is 188 g/mol. The highest BCUT2D eigenvalue weighted by molar-refractivity contribution is 6.33. The molecular formula is C8H9ClO3. The quantitative estimate of drug-likeness (QED) is 0.741. The molecule has 0 radical (unpaired) electrons. The van der Waals surface area contributed by atoms with Gasteiger partial charge in [-0.1, -0.05) is 11.6 Å². The summed E-state index contributed by atoms with van der Waals surface area (Å²) in [7, 11) is 1.45. The SMILES string of the molecule is COc1cc(CO)cc(O)c1Cl. The first-order valence-corrected chi connectivity index (χ1v) is 3.73. The predicted molar refractivity (Wildman–Crippen MR) is 45.6 cm³/mol. The fraction of sp³-hybridized carbons (Fsp3) is 0.250. The zero-order chi connectivity index (χ0) is 9.14. The molecule has 0 spiro atoms. The van der Waals surface area contributed by atoms with Gasteiger partial charge in [0, 0.05) is 0 Å². The molecule has 0 fully saturated rings. The molecule has 0 heterocycles. The molecule has 0 bridgehead atoms. The normalized spacial score (nSPS) is 9.92. The summed E-state index contributed by atoms with van der Waals surface area (Å²) in [6, 6.07) is 2.97. The predicted octanol–water partition coefficient (Wildman–Crippen LogP) is 1.55. The number of hydrogen-bond donors (Lipinski definition) is 2. The summed E-state index contributed by atoms with van der Waals surface area (Å²) >= 11 is 5.67.